The summed E-state index contributed by atoms with van der Waals surface area (Å²) in [5, 5.41) is 4.11. The molecule has 148 valence electrons. The Kier molecular flexibility index (Phi) is 5.48. The summed E-state index contributed by atoms with van der Waals surface area (Å²) in [6.07, 6.45) is 0.240. The molecule has 5 nitrogen and oxygen atoms in total. The standard InChI is InChI=1S/C22H20ClN3O2S/c1-13-6-3-4-9-16(13)17-11-18(27)24-20-19(17)21(28)25-22(26(20)2)29-12-14-7-5-8-15(23)10-14/h3-10,17H,11-12H2,1-2H3,(H,24,27). The Morgan fingerprint density at radius 1 is 1.21 bits per heavy atom. The minimum absolute atomic E-state index is 0.0993. The molecule has 1 aromatic heterocycles. The van der Waals surface area contributed by atoms with Crippen LogP contribution in [-0.2, 0) is 17.6 Å². The van der Waals surface area contributed by atoms with Crippen LogP contribution in [0.1, 0.15) is 34.6 Å². The number of nitrogens with zero attached hydrogens (tertiary/aromatic N) is 2. The van der Waals surface area contributed by atoms with Crippen LogP contribution in [0.25, 0.3) is 0 Å². The fourth-order valence-electron chi connectivity index (χ4n) is 3.68. The van der Waals surface area contributed by atoms with Crippen LogP contribution in [0.2, 0.25) is 5.02 Å². The van der Waals surface area contributed by atoms with E-state index in [0.717, 1.165) is 16.7 Å². The Labute approximate surface area is 178 Å². The van der Waals surface area contributed by atoms with E-state index in [1.54, 1.807) is 4.57 Å². The highest BCUT2D eigenvalue weighted by Gasteiger charge is 2.32. The lowest BCUT2D eigenvalue weighted by atomic mass is 9.84. The molecule has 0 bridgehead atoms. The van der Waals surface area contributed by atoms with Gasteiger partial charge in [-0.05, 0) is 35.7 Å². The quantitative estimate of drug-likeness (QED) is 0.493. The van der Waals surface area contributed by atoms with Crippen molar-refractivity contribution >= 4 is 35.1 Å². The van der Waals surface area contributed by atoms with Gasteiger partial charge in [0.2, 0.25) is 5.91 Å². The highest BCUT2D eigenvalue weighted by molar-refractivity contribution is 7.98. The highest BCUT2D eigenvalue weighted by atomic mass is 35.5. The van der Waals surface area contributed by atoms with Crippen molar-refractivity contribution < 1.29 is 4.79 Å². The third-order valence-corrected chi connectivity index (χ3v) is 6.46. The van der Waals surface area contributed by atoms with Crippen molar-refractivity contribution in [1.29, 1.82) is 0 Å². The number of amides is 1. The fraction of sp³-hybridized carbons (Fsp3) is 0.227. The first-order chi connectivity index (χ1) is 13.9. The van der Waals surface area contributed by atoms with E-state index in [4.69, 9.17) is 11.6 Å². The average molecular weight is 426 g/mol. The topological polar surface area (TPSA) is 64.0 Å². The second-order valence-electron chi connectivity index (χ2n) is 7.10. The Bertz CT molecular complexity index is 1160. The van der Waals surface area contributed by atoms with E-state index < -0.39 is 0 Å². The summed E-state index contributed by atoms with van der Waals surface area (Å²) in [5.41, 5.74) is 3.34. The zero-order valence-corrected chi connectivity index (χ0v) is 17.7. The molecular formula is C22H20ClN3O2S. The van der Waals surface area contributed by atoms with Crippen LogP contribution >= 0.6 is 23.4 Å². The highest BCUT2D eigenvalue weighted by Crippen LogP contribution is 2.37. The normalized spacial score (nSPS) is 15.7. The summed E-state index contributed by atoms with van der Waals surface area (Å²) in [6.45, 7) is 1.99. The van der Waals surface area contributed by atoms with Gasteiger partial charge in [-0.15, -0.1) is 0 Å². The second kappa shape index (κ2) is 8.05. The molecule has 0 aliphatic carbocycles. The van der Waals surface area contributed by atoms with Crippen LogP contribution in [0, 0.1) is 6.92 Å². The number of thioether (sulfide) groups is 1. The van der Waals surface area contributed by atoms with Gasteiger partial charge in [-0.2, -0.15) is 4.98 Å². The molecule has 1 amide bonds. The van der Waals surface area contributed by atoms with Crippen molar-refractivity contribution in [1.82, 2.24) is 9.55 Å². The summed E-state index contributed by atoms with van der Waals surface area (Å²) in [6, 6.07) is 15.4. The maximum absolute atomic E-state index is 13.0. The first-order valence-corrected chi connectivity index (χ1v) is 10.6. The number of anilines is 1. The van der Waals surface area contributed by atoms with Crippen molar-refractivity contribution in [3.63, 3.8) is 0 Å². The van der Waals surface area contributed by atoms with Crippen molar-refractivity contribution in [3.05, 3.63) is 86.2 Å². The fourth-order valence-corrected chi connectivity index (χ4v) is 4.80. The van der Waals surface area contributed by atoms with Crippen molar-refractivity contribution in [2.45, 2.75) is 30.2 Å². The van der Waals surface area contributed by atoms with Gasteiger partial charge in [-0.25, -0.2) is 0 Å². The molecule has 1 atom stereocenters. The SMILES string of the molecule is Cc1ccccc1C1CC(=O)Nc2c1c(=O)nc(SCc1cccc(Cl)c1)n2C. The molecule has 1 aliphatic rings. The summed E-state index contributed by atoms with van der Waals surface area (Å²) in [5.74, 6) is 0.758. The van der Waals surface area contributed by atoms with E-state index in [2.05, 4.69) is 10.3 Å². The summed E-state index contributed by atoms with van der Waals surface area (Å²) < 4.78 is 1.80. The van der Waals surface area contributed by atoms with Gasteiger partial charge < -0.3 is 9.88 Å². The molecule has 2 aromatic carbocycles. The van der Waals surface area contributed by atoms with E-state index in [9.17, 15) is 9.59 Å². The van der Waals surface area contributed by atoms with Gasteiger partial charge in [-0.1, -0.05) is 59.8 Å². The Balaban J connectivity index is 1.73. The van der Waals surface area contributed by atoms with E-state index in [1.165, 1.54) is 11.8 Å². The number of fused-ring (bicyclic) bond motifs is 1. The third-order valence-electron chi connectivity index (χ3n) is 5.12. The van der Waals surface area contributed by atoms with Gasteiger partial charge in [-0.3, -0.25) is 9.59 Å². The van der Waals surface area contributed by atoms with Crippen molar-refractivity contribution in [3.8, 4) is 0 Å². The van der Waals surface area contributed by atoms with Crippen LogP contribution < -0.4 is 10.9 Å². The Morgan fingerprint density at radius 3 is 2.76 bits per heavy atom. The molecule has 29 heavy (non-hydrogen) atoms. The molecule has 0 radical (unpaired) electrons. The Morgan fingerprint density at radius 2 is 2.00 bits per heavy atom. The molecule has 7 heteroatoms. The first kappa shape index (κ1) is 19.7. The van der Waals surface area contributed by atoms with Gasteiger partial charge in [0.1, 0.15) is 5.82 Å². The lowest BCUT2D eigenvalue weighted by Gasteiger charge is -2.28. The number of carbonyl (C=O) groups is 1. The summed E-state index contributed by atoms with van der Waals surface area (Å²) in [4.78, 5) is 29.8. The van der Waals surface area contributed by atoms with E-state index >= 15 is 0 Å². The molecule has 0 saturated heterocycles. The molecule has 0 fully saturated rings. The molecule has 0 spiro atoms. The molecule has 2 heterocycles. The van der Waals surface area contributed by atoms with E-state index in [0.29, 0.717) is 27.3 Å². The zero-order chi connectivity index (χ0) is 20.5. The van der Waals surface area contributed by atoms with Gasteiger partial charge in [0, 0.05) is 30.2 Å². The number of rotatable bonds is 4. The lowest BCUT2D eigenvalue weighted by Crippen LogP contribution is -2.33. The number of benzene rings is 2. The molecule has 1 unspecified atom stereocenters. The first-order valence-electron chi connectivity index (χ1n) is 9.27. The number of nitrogens with one attached hydrogen (secondary N) is 1. The molecular weight excluding hydrogens is 406 g/mol. The van der Waals surface area contributed by atoms with Gasteiger partial charge in [0.05, 0.1) is 5.56 Å². The number of carbonyl (C=O) groups excluding carboxylic acids is 1. The number of aromatic nitrogens is 2. The molecule has 0 saturated carbocycles. The number of halogens is 1. The van der Waals surface area contributed by atoms with E-state index in [-0.39, 0.29) is 23.8 Å². The Hall–Kier alpha value is -2.57. The lowest BCUT2D eigenvalue weighted by molar-refractivity contribution is -0.116. The number of hydrogen-bond donors (Lipinski definition) is 1. The number of hydrogen-bond acceptors (Lipinski definition) is 4. The molecule has 3 aromatic rings. The average Bonchev–Trinajstić information content (AvgIpc) is 2.69. The zero-order valence-electron chi connectivity index (χ0n) is 16.1. The van der Waals surface area contributed by atoms with Gasteiger partial charge in [0.25, 0.3) is 5.56 Å². The summed E-state index contributed by atoms with van der Waals surface area (Å²) >= 11 is 7.49. The largest absolute Gasteiger partial charge is 0.312 e. The number of aryl methyl sites for hydroxylation is 1. The summed E-state index contributed by atoms with van der Waals surface area (Å²) in [7, 11) is 1.83. The van der Waals surface area contributed by atoms with Crippen molar-refractivity contribution in [2.75, 3.05) is 5.32 Å². The molecule has 1 aliphatic heterocycles. The molecule has 1 N–H and O–H groups in total. The molecule has 4 rings (SSSR count). The van der Waals surface area contributed by atoms with Crippen LogP contribution in [0.5, 0.6) is 0 Å². The van der Waals surface area contributed by atoms with Crippen LogP contribution in [-0.4, -0.2) is 15.5 Å². The van der Waals surface area contributed by atoms with Gasteiger partial charge >= 0.3 is 0 Å². The minimum atomic E-state index is -0.293. The minimum Gasteiger partial charge on any atom is -0.312 e. The predicted octanol–water partition coefficient (Wildman–Crippen LogP) is 4.51. The maximum atomic E-state index is 13.0. The smallest absolute Gasteiger partial charge is 0.279 e. The van der Waals surface area contributed by atoms with Crippen LogP contribution in [0.3, 0.4) is 0 Å². The second-order valence-corrected chi connectivity index (χ2v) is 8.48. The van der Waals surface area contributed by atoms with Crippen molar-refractivity contribution in [2.24, 2.45) is 7.05 Å². The maximum Gasteiger partial charge on any atom is 0.279 e. The van der Waals surface area contributed by atoms with Crippen LogP contribution in [0.15, 0.2) is 58.5 Å². The third kappa shape index (κ3) is 3.95. The monoisotopic (exact) mass is 425 g/mol. The van der Waals surface area contributed by atoms with Crippen LogP contribution in [0.4, 0.5) is 5.82 Å². The van der Waals surface area contributed by atoms with Gasteiger partial charge in [0.15, 0.2) is 5.16 Å². The van der Waals surface area contributed by atoms with E-state index in [1.807, 2.05) is 62.5 Å². The predicted molar refractivity (Wildman–Crippen MR) is 117 cm³/mol.